The Balaban J connectivity index is 4.18. The zero-order chi connectivity index (χ0) is 9.56. The van der Waals surface area contributed by atoms with Crippen molar-refractivity contribution in [3.63, 3.8) is 0 Å². The normalized spacial score (nSPS) is 11.8. The minimum absolute atomic E-state index is 0.204. The van der Waals surface area contributed by atoms with Crippen LogP contribution in [0.2, 0.25) is 0 Å². The average Bonchev–Trinajstić information content (AvgIpc) is 1.99. The van der Waals surface area contributed by atoms with Crippen molar-refractivity contribution in [3.8, 4) is 0 Å². The molecule has 2 nitrogen and oxygen atoms in total. The van der Waals surface area contributed by atoms with Crippen molar-refractivity contribution < 1.29 is 9.53 Å². The van der Waals surface area contributed by atoms with Gasteiger partial charge >= 0.3 is 5.97 Å². The molecule has 0 fully saturated rings. The topological polar surface area (TPSA) is 26.3 Å². The van der Waals surface area contributed by atoms with Crippen molar-refractivity contribution in [2.24, 2.45) is 5.92 Å². The number of hydrogen-bond acceptors (Lipinski definition) is 2. The summed E-state index contributed by atoms with van der Waals surface area (Å²) in [6.45, 7) is 11.3. The van der Waals surface area contributed by atoms with Gasteiger partial charge in [0.05, 0.1) is 12.5 Å². The summed E-state index contributed by atoms with van der Waals surface area (Å²) in [5, 5.41) is 0. The summed E-state index contributed by atoms with van der Waals surface area (Å²) in [5.41, 5.74) is 0.827. The van der Waals surface area contributed by atoms with E-state index in [2.05, 4.69) is 13.2 Å². The lowest BCUT2D eigenvalue weighted by molar-refractivity contribution is -0.146. The van der Waals surface area contributed by atoms with Crippen LogP contribution in [0.1, 0.15) is 20.3 Å². The fraction of sp³-hybridized carbons (Fsp3) is 0.500. The maximum Gasteiger partial charge on any atom is 0.313 e. The highest BCUT2D eigenvalue weighted by atomic mass is 16.5. The van der Waals surface area contributed by atoms with Crippen LogP contribution in [0.15, 0.2) is 24.8 Å². The lowest BCUT2D eigenvalue weighted by Crippen LogP contribution is -2.17. The molecular weight excluding hydrogens is 152 g/mol. The third-order valence-corrected chi connectivity index (χ3v) is 1.57. The first-order valence-corrected chi connectivity index (χ1v) is 4.06. The Labute approximate surface area is 73.9 Å². The highest BCUT2D eigenvalue weighted by Crippen LogP contribution is 2.15. The molecule has 0 spiro atoms. The van der Waals surface area contributed by atoms with E-state index < -0.39 is 0 Å². The molecule has 0 radical (unpaired) electrons. The molecule has 0 saturated heterocycles. The molecule has 2 heteroatoms. The molecule has 0 bridgehead atoms. The van der Waals surface area contributed by atoms with E-state index in [4.69, 9.17) is 4.74 Å². The summed E-state index contributed by atoms with van der Waals surface area (Å²) in [7, 11) is 0. The summed E-state index contributed by atoms with van der Waals surface area (Å²) >= 11 is 0. The molecule has 1 unspecified atom stereocenters. The monoisotopic (exact) mass is 168 g/mol. The summed E-state index contributed by atoms with van der Waals surface area (Å²) in [4.78, 5) is 11.2. The van der Waals surface area contributed by atoms with Crippen molar-refractivity contribution in [1.82, 2.24) is 0 Å². The van der Waals surface area contributed by atoms with Gasteiger partial charge in [0.1, 0.15) is 0 Å². The van der Waals surface area contributed by atoms with Crippen molar-refractivity contribution in [2.45, 2.75) is 20.3 Å². The van der Waals surface area contributed by atoms with Gasteiger partial charge in [0.2, 0.25) is 0 Å². The van der Waals surface area contributed by atoms with E-state index in [9.17, 15) is 4.79 Å². The molecule has 0 amide bonds. The third kappa shape index (κ3) is 3.37. The van der Waals surface area contributed by atoms with Gasteiger partial charge in [-0.1, -0.05) is 18.2 Å². The van der Waals surface area contributed by atoms with Gasteiger partial charge < -0.3 is 4.74 Å². The van der Waals surface area contributed by atoms with E-state index in [1.165, 1.54) is 0 Å². The lowest BCUT2D eigenvalue weighted by atomic mass is 9.98. The first-order valence-electron chi connectivity index (χ1n) is 4.06. The van der Waals surface area contributed by atoms with Gasteiger partial charge in [-0.15, -0.1) is 6.58 Å². The molecule has 0 saturated carbocycles. The van der Waals surface area contributed by atoms with Crippen molar-refractivity contribution in [1.29, 1.82) is 0 Å². The average molecular weight is 168 g/mol. The van der Waals surface area contributed by atoms with E-state index in [0.717, 1.165) is 5.57 Å². The first kappa shape index (κ1) is 11.0. The SMILES string of the molecule is C=CCC(C(=C)C)C(=O)OCC. The number of rotatable bonds is 5. The quantitative estimate of drug-likeness (QED) is 0.465. The Morgan fingerprint density at radius 1 is 1.67 bits per heavy atom. The number of allylic oxidation sites excluding steroid dienone is 1. The number of carbonyl (C=O) groups excluding carboxylic acids is 1. The molecule has 0 rings (SSSR count). The molecule has 0 heterocycles. The highest BCUT2D eigenvalue weighted by molar-refractivity contribution is 5.75. The fourth-order valence-electron chi connectivity index (χ4n) is 0.908. The minimum atomic E-state index is -0.220. The molecule has 0 aromatic heterocycles. The zero-order valence-corrected chi connectivity index (χ0v) is 7.80. The van der Waals surface area contributed by atoms with Crippen LogP contribution in [0.5, 0.6) is 0 Å². The second-order valence-corrected chi connectivity index (χ2v) is 2.68. The largest absolute Gasteiger partial charge is 0.466 e. The van der Waals surface area contributed by atoms with Gasteiger partial charge in [0.15, 0.2) is 0 Å². The molecule has 0 aliphatic heterocycles. The van der Waals surface area contributed by atoms with Gasteiger partial charge in [-0.2, -0.15) is 0 Å². The minimum Gasteiger partial charge on any atom is -0.466 e. The maximum absolute atomic E-state index is 11.2. The predicted octanol–water partition coefficient (Wildman–Crippen LogP) is 2.32. The Morgan fingerprint density at radius 2 is 2.25 bits per heavy atom. The van der Waals surface area contributed by atoms with Crippen LogP contribution in [0, 0.1) is 5.92 Å². The fourth-order valence-corrected chi connectivity index (χ4v) is 0.908. The van der Waals surface area contributed by atoms with Crippen LogP contribution in [0.25, 0.3) is 0 Å². The predicted molar refractivity (Wildman–Crippen MR) is 49.8 cm³/mol. The van der Waals surface area contributed by atoms with Crippen LogP contribution in [-0.4, -0.2) is 12.6 Å². The van der Waals surface area contributed by atoms with Crippen LogP contribution < -0.4 is 0 Å². The van der Waals surface area contributed by atoms with Crippen LogP contribution >= 0.6 is 0 Å². The molecule has 0 aliphatic rings. The number of ether oxygens (including phenoxy) is 1. The highest BCUT2D eigenvalue weighted by Gasteiger charge is 2.18. The molecule has 0 aromatic carbocycles. The molecule has 0 aliphatic carbocycles. The van der Waals surface area contributed by atoms with E-state index in [1.807, 2.05) is 6.92 Å². The molecule has 1 atom stereocenters. The third-order valence-electron chi connectivity index (χ3n) is 1.57. The maximum atomic E-state index is 11.2. The van der Waals surface area contributed by atoms with Crippen molar-refractivity contribution >= 4 is 5.97 Å². The second kappa shape index (κ2) is 5.58. The van der Waals surface area contributed by atoms with Crippen LogP contribution in [0.3, 0.4) is 0 Å². The Morgan fingerprint density at radius 3 is 2.58 bits per heavy atom. The van der Waals surface area contributed by atoms with Crippen LogP contribution in [0.4, 0.5) is 0 Å². The summed E-state index contributed by atoms with van der Waals surface area (Å²) in [6, 6.07) is 0. The first-order chi connectivity index (χ1) is 5.63. The van der Waals surface area contributed by atoms with E-state index in [0.29, 0.717) is 13.0 Å². The molecular formula is C10H16O2. The molecule has 0 N–H and O–H groups in total. The number of esters is 1. The summed E-state index contributed by atoms with van der Waals surface area (Å²) in [5.74, 6) is -0.424. The Hall–Kier alpha value is -1.05. The van der Waals surface area contributed by atoms with Crippen LogP contribution in [-0.2, 0) is 9.53 Å². The van der Waals surface area contributed by atoms with Gasteiger partial charge in [-0.3, -0.25) is 4.79 Å². The van der Waals surface area contributed by atoms with Gasteiger partial charge in [0, 0.05) is 0 Å². The number of carbonyl (C=O) groups is 1. The Kier molecular flexibility index (Phi) is 5.09. The smallest absolute Gasteiger partial charge is 0.313 e. The molecule has 0 aromatic rings. The zero-order valence-electron chi connectivity index (χ0n) is 7.80. The van der Waals surface area contributed by atoms with E-state index >= 15 is 0 Å². The van der Waals surface area contributed by atoms with E-state index in [-0.39, 0.29) is 11.9 Å². The van der Waals surface area contributed by atoms with Gasteiger partial charge in [0.25, 0.3) is 0 Å². The Bertz CT molecular complexity index is 182. The lowest BCUT2D eigenvalue weighted by Gasteiger charge is -2.12. The van der Waals surface area contributed by atoms with Gasteiger partial charge in [-0.05, 0) is 20.3 Å². The standard InChI is InChI=1S/C10H16O2/c1-5-7-9(8(3)4)10(11)12-6-2/h5,9H,1,3,6-7H2,2,4H3. The second-order valence-electron chi connectivity index (χ2n) is 2.68. The number of hydrogen-bond donors (Lipinski definition) is 0. The van der Waals surface area contributed by atoms with Crippen molar-refractivity contribution in [2.75, 3.05) is 6.61 Å². The summed E-state index contributed by atoms with van der Waals surface area (Å²) < 4.78 is 4.87. The van der Waals surface area contributed by atoms with E-state index in [1.54, 1.807) is 13.0 Å². The van der Waals surface area contributed by atoms with Gasteiger partial charge in [-0.25, -0.2) is 0 Å². The molecule has 12 heavy (non-hydrogen) atoms. The molecule has 68 valence electrons. The van der Waals surface area contributed by atoms with Crippen molar-refractivity contribution in [3.05, 3.63) is 24.8 Å². The summed E-state index contributed by atoms with van der Waals surface area (Å²) in [6.07, 6.45) is 2.31.